The standard InChI is InChI=1S/C16H18N6O2S/c1-10-8-25-16-13(10)14(18-9-19-16)21-3-4-22-11(7-21)6-12(20-22)15(24)17-2-5-23/h6,8-9,23H,2-5,7H2,1H3,(H,17,24). The van der Waals surface area contributed by atoms with Crippen molar-refractivity contribution in [2.75, 3.05) is 24.6 Å². The van der Waals surface area contributed by atoms with Crippen molar-refractivity contribution in [3.8, 4) is 0 Å². The van der Waals surface area contributed by atoms with Crippen LogP contribution in [0, 0.1) is 6.92 Å². The van der Waals surface area contributed by atoms with E-state index in [0.717, 1.165) is 28.3 Å². The van der Waals surface area contributed by atoms with Crippen molar-refractivity contribution >= 4 is 33.3 Å². The molecular formula is C16H18N6O2S. The number of amides is 1. The molecule has 2 N–H and O–H groups in total. The summed E-state index contributed by atoms with van der Waals surface area (Å²) < 4.78 is 1.86. The van der Waals surface area contributed by atoms with Crippen LogP contribution >= 0.6 is 11.3 Å². The summed E-state index contributed by atoms with van der Waals surface area (Å²) in [5.41, 5.74) is 2.53. The Kier molecular flexibility index (Phi) is 4.10. The highest BCUT2D eigenvalue weighted by Gasteiger charge is 2.23. The van der Waals surface area contributed by atoms with Crippen molar-refractivity contribution in [3.05, 3.63) is 34.7 Å². The number of hydrogen-bond acceptors (Lipinski definition) is 7. The third-order valence-electron chi connectivity index (χ3n) is 4.26. The molecular weight excluding hydrogens is 340 g/mol. The lowest BCUT2D eigenvalue weighted by Crippen LogP contribution is -2.34. The Morgan fingerprint density at radius 1 is 1.40 bits per heavy atom. The van der Waals surface area contributed by atoms with E-state index in [9.17, 15) is 4.79 Å². The number of nitrogens with one attached hydrogen (secondary N) is 1. The lowest BCUT2D eigenvalue weighted by Gasteiger charge is -2.29. The fourth-order valence-electron chi connectivity index (χ4n) is 3.06. The molecule has 0 spiro atoms. The lowest BCUT2D eigenvalue weighted by atomic mass is 10.2. The third kappa shape index (κ3) is 2.85. The third-order valence-corrected chi connectivity index (χ3v) is 5.27. The molecule has 8 nitrogen and oxygen atoms in total. The minimum Gasteiger partial charge on any atom is -0.395 e. The van der Waals surface area contributed by atoms with Crippen LogP contribution in [0.5, 0.6) is 0 Å². The number of aliphatic hydroxyl groups is 1. The van der Waals surface area contributed by atoms with Crippen LogP contribution in [0.25, 0.3) is 10.2 Å². The van der Waals surface area contributed by atoms with Crippen LogP contribution in [0.1, 0.15) is 21.7 Å². The van der Waals surface area contributed by atoms with Crippen LogP contribution in [0.2, 0.25) is 0 Å². The summed E-state index contributed by atoms with van der Waals surface area (Å²) in [6.07, 6.45) is 1.60. The molecule has 0 bridgehead atoms. The van der Waals surface area contributed by atoms with Gasteiger partial charge in [0.1, 0.15) is 17.0 Å². The van der Waals surface area contributed by atoms with Gasteiger partial charge in [0.2, 0.25) is 0 Å². The fraction of sp³-hybridized carbons (Fsp3) is 0.375. The molecule has 1 aliphatic heterocycles. The molecule has 1 aliphatic rings. The number of aliphatic hydroxyl groups excluding tert-OH is 1. The summed E-state index contributed by atoms with van der Waals surface area (Å²) in [5, 5.41) is 19.0. The van der Waals surface area contributed by atoms with Crippen molar-refractivity contribution in [2.45, 2.75) is 20.0 Å². The summed E-state index contributed by atoms with van der Waals surface area (Å²) in [5.74, 6) is 0.670. The van der Waals surface area contributed by atoms with Crippen molar-refractivity contribution in [1.29, 1.82) is 0 Å². The Morgan fingerprint density at radius 3 is 3.12 bits per heavy atom. The number of carbonyl (C=O) groups is 1. The van der Waals surface area contributed by atoms with Crippen LogP contribution in [0.3, 0.4) is 0 Å². The normalized spacial score (nSPS) is 13.9. The van der Waals surface area contributed by atoms with Crippen molar-refractivity contribution in [3.63, 3.8) is 0 Å². The molecule has 1 amide bonds. The quantitative estimate of drug-likeness (QED) is 0.721. The van der Waals surface area contributed by atoms with Gasteiger partial charge >= 0.3 is 0 Å². The Labute approximate surface area is 148 Å². The number of aromatic nitrogens is 4. The Balaban J connectivity index is 1.61. The predicted octanol–water partition coefficient (Wildman–Crippen LogP) is 0.939. The van der Waals surface area contributed by atoms with Gasteiger partial charge in [-0.1, -0.05) is 0 Å². The molecule has 9 heteroatoms. The zero-order chi connectivity index (χ0) is 17.4. The molecule has 25 heavy (non-hydrogen) atoms. The van der Waals surface area contributed by atoms with E-state index >= 15 is 0 Å². The van der Waals surface area contributed by atoms with E-state index in [4.69, 9.17) is 5.11 Å². The van der Waals surface area contributed by atoms with Crippen molar-refractivity contribution in [2.24, 2.45) is 0 Å². The van der Waals surface area contributed by atoms with Crippen LogP contribution in [-0.2, 0) is 13.1 Å². The summed E-state index contributed by atoms with van der Waals surface area (Å²) >= 11 is 1.62. The molecule has 130 valence electrons. The summed E-state index contributed by atoms with van der Waals surface area (Å²) in [7, 11) is 0. The zero-order valence-electron chi connectivity index (χ0n) is 13.8. The Morgan fingerprint density at radius 2 is 2.28 bits per heavy atom. The number of rotatable bonds is 4. The maximum Gasteiger partial charge on any atom is 0.271 e. The molecule has 0 aromatic carbocycles. The molecule has 0 atom stereocenters. The van der Waals surface area contributed by atoms with E-state index in [1.54, 1.807) is 23.7 Å². The molecule has 4 rings (SSSR count). The summed E-state index contributed by atoms with van der Waals surface area (Å²) in [4.78, 5) is 24.1. The van der Waals surface area contributed by atoms with Gasteiger partial charge in [-0.05, 0) is 23.9 Å². The number of anilines is 1. The number of aryl methyl sites for hydroxylation is 1. The molecule has 0 aliphatic carbocycles. The van der Waals surface area contributed by atoms with Gasteiger partial charge in [-0.25, -0.2) is 9.97 Å². The first-order valence-electron chi connectivity index (χ1n) is 8.07. The fourth-order valence-corrected chi connectivity index (χ4v) is 3.94. The second kappa shape index (κ2) is 6.41. The van der Waals surface area contributed by atoms with Crippen molar-refractivity contribution < 1.29 is 9.90 Å². The highest BCUT2D eigenvalue weighted by Crippen LogP contribution is 2.32. The van der Waals surface area contributed by atoms with Crippen molar-refractivity contribution in [1.82, 2.24) is 25.1 Å². The van der Waals surface area contributed by atoms with E-state index < -0.39 is 0 Å². The molecule has 0 fully saturated rings. The number of fused-ring (bicyclic) bond motifs is 2. The molecule has 0 radical (unpaired) electrons. The zero-order valence-corrected chi connectivity index (χ0v) is 14.6. The minimum atomic E-state index is -0.263. The first-order chi connectivity index (χ1) is 12.2. The first kappa shape index (κ1) is 16.0. The largest absolute Gasteiger partial charge is 0.395 e. The molecule has 0 unspecified atom stereocenters. The van der Waals surface area contributed by atoms with Crippen LogP contribution < -0.4 is 10.2 Å². The highest BCUT2D eigenvalue weighted by molar-refractivity contribution is 7.17. The Bertz CT molecular complexity index is 934. The molecule has 0 saturated heterocycles. The van der Waals surface area contributed by atoms with E-state index in [2.05, 4.69) is 37.6 Å². The SMILES string of the molecule is Cc1csc2ncnc(N3CCn4nc(C(=O)NCCO)cc4C3)c12. The van der Waals surface area contributed by atoms with Crippen LogP contribution in [0.4, 0.5) is 5.82 Å². The highest BCUT2D eigenvalue weighted by atomic mass is 32.1. The van der Waals surface area contributed by atoms with E-state index in [1.165, 1.54) is 5.56 Å². The van der Waals surface area contributed by atoms with Gasteiger partial charge in [0.05, 0.1) is 30.8 Å². The van der Waals surface area contributed by atoms with Gasteiger partial charge < -0.3 is 15.3 Å². The van der Waals surface area contributed by atoms with Crippen LogP contribution in [-0.4, -0.2) is 50.5 Å². The van der Waals surface area contributed by atoms with Gasteiger partial charge in [-0.15, -0.1) is 11.3 Å². The molecule has 4 heterocycles. The average molecular weight is 358 g/mol. The average Bonchev–Trinajstić information content (AvgIpc) is 3.23. The monoisotopic (exact) mass is 358 g/mol. The van der Waals surface area contributed by atoms with Gasteiger partial charge in [0.25, 0.3) is 5.91 Å². The topological polar surface area (TPSA) is 96.2 Å². The van der Waals surface area contributed by atoms with Crippen LogP contribution in [0.15, 0.2) is 17.8 Å². The van der Waals surface area contributed by atoms with E-state index in [0.29, 0.717) is 18.8 Å². The number of hydrogen-bond donors (Lipinski definition) is 2. The van der Waals surface area contributed by atoms with Gasteiger partial charge in [0, 0.05) is 13.1 Å². The second-order valence-electron chi connectivity index (χ2n) is 5.94. The molecule has 3 aromatic heterocycles. The van der Waals surface area contributed by atoms with Gasteiger partial charge in [-0.2, -0.15) is 5.10 Å². The van der Waals surface area contributed by atoms with Gasteiger partial charge in [0.15, 0.2) is 5.69 Å². The van der Waals surface area contributed by atoms with E-state index in [1.807, 2.05) is 4.68 Å². The predicted molar refractivity (Wildman–Crippen MR) is 94.8 cm³/mol. The number of carbonyl (C=O) groups excluding carboxylic acids is 1. The molecule has 0 saturated carbocycles. The molecule has 3 aromatic rings. The lowest BCUT2D eigenvalue weighted by molar-refractivity contribution is 0.0939. The minimum absolute atomic E-state index is 0.0865. The first-order valence-corrected chi connectivity index (χ1v) is 8.95. The maximum atomic E-state index is 12.0. The Hall–Kier alpha value is -2.52. The smallest absolute Gasteiger partial charge is 0.271 e. The summed E-state index contributed by atoms with van der Waals surface area (Å²) in [6, 6.07) is 1.80. The summed E-state index contributed by atoms with van der Waals surface area (Å²) in [6.45, 7) is 4.32. The second-order valence-corrected chi connectivity index (χ2v) is 6.80. The maximum absolute atomic E-state index is 12.0. The van der Waals surface area contributed by atoms with Gasteiger partial charge in [-0.3, -0.25) is 9.48 Å². The number of thiophene rings is 1. The number of nitrogens with zero attached hydrogens (tertiary/aromatic N) is 5. The van der Waals surface area contributed by atoms with E-state index in [-0.39, 0.29) is 19.1 Å².